The van der Waals surface area contributed by atoms with Gasteiger partial charge in [-0.1, -0.05) is 12.1 Å². The summed E-state index contributed by atoms with van der Waals surface area (Å²) in [4.78, 5) is 16.5. The molecule has 0 aliphatic carbocycles. The Bertz CT molecular complexity index is 617. The molecule has 0 saturated heterocycles. The fraction of sp³-hybridized carbons (Fsp3) is 0.200. The molecule has 0 amide bonds. The van der Waals surface area contributed by atoms with Crippen LogP contribution in [-0.4, -0.2) is 17.6 Å². The first-order chi connectivity index (χ1) is 10.1. The topological polar surface area (TPSA) is 51.2 Å². The minimum atomic E-state index is -0.656. The van der Waals surface area contributed by atoms with Crippen LogP contribution < -0.4 is 5.32 Å². The second kappa shape index (κ2) is 7.56. The molecule has 21 heavy (non-hydrogen) atoms. The van der Waals surface area contributed by atoms with Gasteiger partial charge >= 0.3 is 5.97 Å². The summed E-state index contributed by atoms with van der Waals surface area (Å²) in [5.41, 5.74) is 1.41. The predicted octanol–water partition coefficient (Wildman–Crippen LogP) is 4.32. The van der Waals surface area contributed by atoms with Crippen molar-refractivity contribution in [1.29, 1.82) is 0 Å². The van der Waals surface area contributed by atoms with E-state index in [9.17, 15) is 4.79 Å². The van der Waals surface area contributed by atoms with E-state index in [0.717, 1.165) is 14.6 Å². The number of hydrogen-bond donors (Lipinski definition) is 1. The summed E-state index contributed by atoms with van der Waals surface area (Å²) in [5.74, 6) is -0.358. The summed E-state index contributed by atoms with van der Waals surface area (Å²) in [7, 11) is 0. The van der Waals surface area contributed by atoms with Gasteiger partial charge in [0.25, 0.3) is 0 Å². The maximum Gasteiger partial charge on any atom is 0.334 e. The Kier molecular flexibility index (Phi) is 5.76. The number of nitrogens with one attached hydrogen (secondary N) is 1. The van der Waals surface area contributed by atoms with Gasteiger partial charge in [0.1, 0.15) is 0 Å². The summed E-state index contributed by atoms with van der Waals surface area (Å²) >= 11 is 6.79. The fourth-order valence-corrected chi connectivity index (χ4v) is 2.40. The van der Waals surface area contributed by atoms with E-state index < -0.39 is 6.04 Å². The Labute approximate surface area is 140 Å². The van der Waals surface area contributed by atoms with E-state index >= 15 is 0 Å². The Morgan fingerprint density at radius 2 is 2.05 bits per heavy atom. The predicted molar refractivity (Wildman–Crippen MR) is 89.1 cm³/mol. The first-order valence-corrected chi connectivity index (χ1v) is 7.99. The number of carbonyl (C=O) groups excluding carboxylic acids is 1. The van der Waals surface area contributed by atoms with Gasteiger partial charge < -0.3 is 10.1 Å². The summed E-state index contributed by atoms with van der Waals surface area (Å²) < 4.78 is 6.86. The molecule has 0 aliphatic rings. The van der Waals surface area contributed by atoms with E-state index in [0.29, 0.717) is 12.3 Å². The van der Waals surface area contributed by atoms with Gasteiger partial charge in [0.2, 0.25) is 0 Å². The smallest absolute Gasteiger partial charge is 0.334 e. The highest BCUT2D eigenvalue weighted by atomic mass is 79.9. The first kappa shape index (κ1) is 16.0. The number of anilines is 1. The molecule has 4 nitrogen and oxygen atoms in total. The molecular weight excluding hydrogens is 400 g/mol. The Morgan fingerprint density at radius 3 is 2.67 bits per heavy atom. The van der Waals surface area contributed by atoms with E-state index in [-0.39, 0.29) is 5.97 Å². The lowest BCUT2D eigenvalue weighted by Crippen LogP contribution is -2.24. The number of aromatic nitrogens is 1. The van der Waals surface area contributed by atoms with Gasteiger partial charge in [-0.15, -0.1) is 0 Å². The zero-order valence-electron chi connectivity index (χ0n) is 11.3. The molecule has 1 heterocycles. The lowest BCUT2D eigenvalue weighted by atomic mass is 10.1. The van der Waals surface area contributed by atoms with Crippen LogP contribution in [0.5, 0.6) is 0 Å². The van der Waals surface area contributed by atoms with Crippen molar-refractivity contribution in [1.82, 2.24) is 4.98 Å². The first-order valence-electron chi connectivity index (χ1n) is 6.41. The zero-order valence-corrected chi connectivity index (χ0v) is 14.5. The van der Waals surface area contributed by atoms with Crippen LogP contribution in [0.1, 0.15) is 18.7 Å². The Morgan fingerprint density at radius 1 is 1.29 bits per heavy atom. The third-order valence-electron chi connectivity index (χ3n) is 2.74. The molecule has 110 valence electrons. The van der Waals surface area contributed by atoms with Gasteiger partial charge in [0.15, 0.2) is 6.04 Å². The van der Waals surface area contributed by atoms with Crippen molar-refractivity contribution in [2.24, 2.45) is 0 Å². The van der Waals surface area contributed by atoms with Crippen LogP contribution in [0.15, 0.2) is 51.5 Å². The van der Waals surface area contributed by atoms with Gasteiger partial charge in [-0.25, -0.2) is 4.79 Å². The van der Waals surface area contributed by atoms with Gasteiger partial charge in [0.05, 0.1) is 12.3 Å². The molecule has 0 spiro atoms. The molecule has 0 radical (unpaired) electrons. The van der Waals surface area contributed by atoms with E-state index in [1.807, 2.05) is 30.3 Å². The maximum absolute atomic E-state index is 12.2. The number of nitrogens with zero attached hydrogens (tertiary/aromatic N) is 1. The minimum Gasteiger partial charge on any atom is -0.464 e. The van der Waals surface area contributed by atoms with E-state index in [1.54, 1.807) is 19.2 Å². The number of ether oxygens (including phenoxy) is 1. The molecule has 1 N–H and O–H groups in total. The van der Waals surface area contributed by atoms with Crippen LogP contribution in [0.2, 0.25) is 0 Å². The number of halogens is 2. The normalized spacial score (nSPS) is 11.8. The molecule has 0 saturated carbocycles. The van der Waals surface area contributed by atoms with Crippen molar-refractivity contribution < 1.29 is 9.53 Å². The van der Waals surface area contributed by atoms with Crippen molar-refractivity contribution in [2.75, 3.05) is 11.9 Å². The summed E-state index contributed by atoms with van der Waals surface area (Å²) in [6.07, 6.45) is 1.66. The van der Waals surface area contributed by atoms with Crippen molar-refractivity contribution >= 4 is 43.5 Å². The number of hydrogen-bond acceptors (Lipinski definition) is 4. The van der Waals surface area contributed by atoms with Crippen LogP contribution in [-0.2, 0) is 9.53 Å². The van der Waals surface area contributed by atoms with E-state index in [2.05, 4.69) is 42.2 Å². The van der Waals surface area contributed by atoms with Crippen molar-refractivity contribution in [2.45, 2.75) is 13.0 Å². The molecule has 2 rings (SSSR count). The minimum absolute atomic E-state index is 0.323. The largest absolute Gasteiger partial charge is 0.464 e. The zero-order chi connectivity index (χ0) is 15.2. The highest BCUT2D eigenvalue weighted by Gasteiger charge is 2.23. The molecule has 0 aliphatic heterocycles. The van der Waals surface area contributed by atoms with Crippen molar-refractivity contribution in [3.63, 3.8) is 0 Å². The molecule has 0 bridgehead atoms. The van der Waals surface area contributed by atoms with Gasteiger partial charge in [-0.2, -0.15) is 0 Å². The molecule has 1 unspecified atom stereocenters. The van der Waals surface area contributed by atoms with Gasteiger partial charge in [-0.05, 0) is 63.0 Å². The van der Waals surface area contributed by atoms with Crippen molar-refractivity contribution in [3.05, 3.63) is 57.2 Å². The van der Waals surface area contributed by atoms with Gasteiger partial charge in [-0.3, -0.25) is 4.98 Å². The highest BCUT2D eigenvalue weighted by Crippen LogP contribution is 2.27. The number of carbonyl (C=O) groups is 1. The standard InChI is InChI=1S/C15H14Br2N2O2/c1-2-21-15(20)14(13-8-7-10(16)9-18-13)19-12-6-4-3-5-11(12)17/h3-9,14,19H,2H2,1H3. The third kappa shape index (κ3) is 4.28. The number of para-hydroxylation sites is 1. The molecule has 1 aromatic carbocycles. The molecule has 1 atom stereocenters. The van der Waals surface area contributed by atoms with Gasteiger partial charge in [0, 0.05) is 20.8 Å². The molecule has 1 aromatic heterocycles. The van der Waals surface area contributed by atoms with Crippen LogP contribution in [0, 0.1) is 0 Å². The Balaban J connectivity index is 2.30. The average Bonchev–Trinajstić information content (AvgIpc) is 2.48. The lowest BCUT2D eigenvalue weighted by Gasteiger charge is -2.18. The summed E-state index contributed by atoms with van der Waals surface area (Å²) in [6, 6.07) is 10.6. The quantitative estimate of drug-likeness (QED) is 0.741. The lowest BCUT2D eigenvalue weighted by molar-refractivity contribution is -0.144. The fourth-order valence-electron chi connectivity index (χ4n) is 1.77. The molecule has 0 fully saturated rings. The number of esters is 1. The van der Waals surface area contributed by atoms with E-state index in [1.165, 1.54) is 0 Å². The van der Waals surface area contributed by atoms with Crippen LogP contribution in [0.25, 0.3) is 0 Å². The van der Waals surface area contributed by atoms with Crippen LogP contribution in [0.4, 0.5) is 5.69 Å². The monoisotopic (exact) mass is 412 g/mol. The van der Waals surface area contributed by atoms with Crippen molar-refractivity contribution in [3.8, 4) is 0 Å². The third-order valence-corrected chi connectivity index (χ3v) is 3.90. The number of pyridine rings is 1. The Hall–Kier alpha value is -1.40. The maximum atomic E-state index is 12.2. The number of rotatable bonds is 5. The average molecular weight is 414 g/mol. The van der Waals surface area contributed by atoms with Crippen LogP contribution >= 0.6 is 31.9 Å². The second-order valence-electron chi connectivity index (χ2n) is 4.21. The second-order valence-corrected chi connectivity index (χ2v) is 5.98. The molecule has 6 heteroatoms. The van der Waals surface area contributed by atoms with Crippen LogP contribution in [0.3, 0.4) is 0 Å². The summed E-state index contributed by atoms with van der Waals surface area (Å²) in [5, 5.41) is 3.17. The summed E-state index contributed by atoms with van der Waals surface area (Å²) in [6.45, 7) is 2.10. The molecular formula is C15H14Br2N2O2. The number of benzene rings is 1. The molecule has 2 aromatic rings. The SMILES string of the molecule is CCOC(=O)C(Nc1ccccc1Br)c1ccc(Br)cn1. The highest BCUT2D eigenvalue weighted by molar-refractivity contribution is 9.10. The van der Waals surface area contributed by atoms with E-state index in [4.69, 9.17) is 4.74 Å².